The Morgan fingerprint density at radius 3 is 2.23 bits per heavy atom. The molecule has 9 nitrogen and oxygen atoms in total. The predicted octanol–water partition coefficient (Wildman–Crippen LogP) is 2.74. The Morgan fingerprint density at radius 2 is 1.58 bits per heavy atom. The Labute approximate surface area is 255 Å². The Hall–Kier alpha value is -3.72. The average Bonchev–Trinajstić information content (AvgIpc) is 3.37. The Balaban J connectivity index is 1.40. The van der Waals surface area contributed by atoms with Gasteiger partial charge < -0.3 is 25.3 Å². The highest BCUT2D eigenvalue weighted by Crippen LogP contribution is 2.32. The fourth-order valence-electron chi connectivity index (χ4n) is 6.84. The molecule has 1 saturated carbocycles. The molecule has 0 aromatic heterocycles. The molecule has 4 atom stereocenters. The van der Waals surface area contributed by atoms with E-state index in [9.17, 15) is 19.2 Å². The van der Waals surface area contributed by atoms with Crippen LogP contribution in [0.5, 0.6) is 0 Å². The molecular formula is C34H45N5O4. The van der Waals surface area contributed by atoms with Gasteiger partial charge in [-0.3, -0.25) is 19.2 Å². The van der Waals surface area contributed by atoms with Crippen LogP contribution in [0.4, 0.5) is 0 Å². The fraction of sp³-hybridized carbons (Fsp3) is 0.529. The number of benzene rings is 2. The summed E-state index contributed by atoms with van der Waals surface area (Å²) < 4.78 is 0. The SMILES string of the molecule is CN[C@@H](C)C(=O)N[C@H](C(=O)N1CC(=O)N2[C@@H]1CN(CCCc1ccccc1)C(=O)[C@@H]2Cc1ccccc1)C1CCCCC1. The lowest BCUT2D eigenvalue weighted by atomic mass is 9.83. The van der Waals surface area contributed by atoms with Crippen LogP contribution in [0.2, 0.25) is 0 Å². The Bertz CT molecular complexity index is 1270. The zero-order valence-corrected chi connectivity index (χ0v) is 25.4. The van der Waals surface area contributed by atoms with Gasteiger partial charge in [0.2, 0.25) is 23.6 Å². The van der Waals surface area contributed by atoms with E-state index in [1.54, 1.807) is 23.8 Å². The van der Waals surface area contributed by atoms with Gasteiger partial charge in [-0.25, -0.2) is 0 Å². The highest BCUT2D eigenvalue weighted by Gasteiger charge is 2.52. The van der Waals surface area contributed by atoms with Crippen LogP contribution in [0.1, 0.15) is 56.6 Å². The molecule has 2 aromatic rings. The summed E-state index contributed by atoms with van der Waals surface area (Å²) >= 11 is 0. The Morgan fingerprint density at radius 1 is 0.930 bits per heavy atom. The summed E-state index contributed by atoms with van der Waals surface area (Å²) in [5.41, 5.74) is 2.18. The van der Waals surface area contributed by atoms with Crippen molar-refractivity contribution < 1.29 is 19.2 Å². The summed E-state index contributed by atoms with van der Waals surface area (Å²) in [4.78, 5) is 60.0. The molecule has 0 radical (unpaired) electrons. The lowest BCUT2D eigenvalue weighted by Gasteiger charge is -2.45. The van der Waals surface area contributed by atoms with Crippen molar-refractivity contribution >= 4 is 23.6 Å². The maximum atomic E-state index is 14.4. The second-order valence-electron chi connectivity index (χ2n) is 12.2. The van der Waals surface area contributed by atoms with E-state index in [1.807, 2.05) is 53.4 Å². The number of likely N-dealkylation sites (N-methyl/N-ethyl adjacent to an activating group) is 1. The maximum absolute atomic E-state index is 14.4. The third kappa shape index (κ3) is 7.09. The van der Waals surface area contributed by atoms with Gasteiger partial charge in [0.05, 0.1) is 12.6 Å². The number of nitrogens with one attached hydrogen (secondary N) is 2. The van der Waals surface area contributed by atoms with Gasteiger partial charge in [0, 0.05) is 13.0 Å². The van der Waals surface area contributed by atoms with Crippen molar-refractivity contribution in [1.82, 2.24) is 25.3 Å². The summed E-state index contributed by atoms with van der Waals surface area (Å²) in [5, 5.41) is 6.01. The largest absolute Gasteiger partial charge is 0.343 e. The first-order chi connectivity index (χ1) is 20.9. The van der Waals surface area contributed by atoms with Crippen LogP contribution in [-0.2, 0) is 32.0 Å². The lowest BCUT2D eigenvalue weighted by Crippen LogP contribution is -2.65. The van der Waals surface area contributed by atoms with Crippen LogP contribution in [0.25, 0.3) is 0 Å². The molecule has 2 saturated heterocycles. The van der Waals surface area contributed by atoms with Crippen molar-refractivity contribution in [1.29, 1.82) is 0 Å². The summed E-state index contributed by atoms with van der Waals surface area (Å²) in [6, 6.07) is 18.1. The van der Waals surface area contributed by atoms with Gasteiger partial charge in [-0.2, -0.15) is 0 Å². The monoisotopic (exact) mass is 587 g/mol. The topological polar surface area (TPSA) is 102 Å². The molecule has 0 bridgehead atoms. The zero-order valence-electron chi connectivity index (χ0n) is 25.4. The minimum atomic E-state index is -0.701. The summed E-state index contributed by atoms with van der Waals surface area (Å²) in [5.74, 6) is -0.714. The number of amides is 4. The summed E-state index contributed by atoms with van der Waals surface area (Å²) in [6.45, 7) is 2.50. The third-order valence-electron chi connectivity index (χ3n) is 9.39. The predicted molar refractivity (Wildman–Crippen MR) is 165 cm³/mol. The molecular weight excluding hydrogens is 542 g/mol. The van der Waals surface area contributed by atoms with Crippen molar-refractivity contribution in [2.24, 2.45) is 5.92 Å². The second-order valence-corrected chi connectivity index (χ2v) is 12.2. The molecule has 2 N–H and O–H groups in total. The van der Waals surface area contributed by atoms with Gasteiger partial charge in [0.15, 0.2) is 0 Å². The van der Waals surface area contributed by atoms with E-state index in [1.165, 1.54) is 5.56 Å². The number of aryl methyl sites for hydroxylation is 1. The second kappa shape index (κ2) is 14.2. The number of hydrogen-bond acceptors (Lipinski definition) is 5. The van der Waals surface area contributed by atoms with Crippen LogP contribution in [0.15, 0.2) is 60.7 Å². The summed E-state index contributed by atoms with van der Waals surface area (Å²) in [6.07, 6.45) is 6.33. The van der Waals surface area contributed by atoms with Crippen molar-refractivity contribution in [2.45, 2.75) is 82.6 Å². The number of hydrogen-bond donors (Lipinski definition) is 2. The quantitative estimate of drug-likeness (QED) is 0.421. The molecule has 2 aromatic carbocycles. The first-order valence-corrected chi connectivity index (χ1v) is 15.8. The van der Waals surface area contributed by atoms with Gasteiger partial charge in [-0.15, -0.1) is 0 Å². The fourth-order valence-corrected chi connectivity index (χ4v) is 6.84. The van der Waals surface area contributed by atoms with E-state index in [-0.39, 0.29) is 42.6 Å². The number of carbonyl (C=O) groups excluding carboxylic acids is 4. The minimum Gasteiger partial charge on any atom is -0.343 e. The van der Waals surface area contributed by atoms with Crippen molar-refractivity contribution in [3.05, 3.63) is 71.8 Å². The number of rotatable bonds is 11. The molecule has 2 heterocycles. The van der Waals surface area contributed by atoms with Gasteiger partial charge in [-0.05, 0) is 56.7 Å². The first-order valence-electron chi connectivity index (χ1n) is 15.8. The average molecular weight is 588 g/mol. The Kier molecular flexibility index (Phi) is 10.1. The molecule has 0 unspecified atom stereocenters. The molecule has 3 aliphatic rings. The van der Waals surface area contributed by atoms with Crippen LogP contribution in [0.3, 0.4) is 0 Å². The first kappa shape index (κ1) is 30.7. The highest BCUT2D eigenvalue weighted by molar-refractivity contribution is 5.97. The van der Waals surface area contributed by atoms with E-state index in [0.29, 0.717) is 13.0 Å². The van der Waals surface area contributed by atoms with Gasteiger partial charge in [-0.1, -0.05) is 79.9 Å². The lowest BCUT2D eigenvalue weighted by molar-refractivity contribution is -0.156. The van der Waals surface area contributed by atoms with Crippen molar-refractivity contribution in [3.63, 3.8) is 0 Å². The van der Waals surface area contributed by atoms with E-state index >= 15 is 0 Å². The molecule has 230 valence electrons. The highest BCUT2D eigenvalue weighted by atomic mass is 16.2. The van der Waals surface area contributed by atoms with Crippen LogP contribution < -0.4 is 10.6 Å². The van der Waals surface area contributed by atoms with Crippen LogP contribution in [0, 0.1) is 5.92 Å². The number of fused-ring (bicyclic) bond motifs is 1. The maximum Gasteiger partial charge on any atom is 0.247 e. The van der Waals surface area contributed by atoms with E-state index < -0.39 is 24.3 Å². The normalized spacial score (nSPS) is 22.3. The molecule has 9 heteroatoms. The smallest absolute Gasteiger partial charge is 0.247 e. The molecule has 4 amide bonds. The molecule has 1 aliphatic carbocycles. The van der Waals surface area contributed by atoms with E-state index in [0.717, 1.165) is 50.5 Å². The van der Waals surface area contributed by atoms with E-state index in [4.69, 9.17) is 0 Å². The van der Waals surface area contributed by atoms with Crippen LogP contribution >= 0.6 is 0 Å². The van der Waals surface area contributed by atoms with E-state index in [2.05, 4.69) is 22.8 Å². The standard InChI is InChI=1S/C34H45N5O4/c1-24(35-2)32(41)36-31(27-18-10-5-11-19-27)34(43)38-23-30(40)39-28(21-26-15-8-4-9-16-26)33(42)37(22-29(38)39)20-12-17-25-13-6-3-7-14-25/h3-4,6-9,13-16,24,27-29,31,35H,5,10-12,17-23H2,1-2H3,(H,36,41)/t24-,28-,29+,31-/m0/s1. The number of nitrogens with zero attached hydrogens (tertiary/aromatic N) is 3. The molecule has 0 spiro atoms. The molecule has 43 heavy (non-hydrogen) atoms. The molecule has 2 aliphatic heterocycles. The molecule has 3 fully saturated rings. The van der Waals surface area contributed by atoms with Crippen molar-refractivity contribution in [3.8, 4) is 0 Å². The number of carbonyl (C=O) groups is 4. The summed E-state index contributed by atoms with van der Waals surface area (Å²) in [7, 11) is 1.72. The van der Waals surface area contributed by atoms with Gasteiger partial charge in [0.25, 0.3) is 0 Å². The van der Waals surface area contributed by atoms with Crippen LogP contribution in [-0.4, -0.2) is 89.3 Å². The zero-order chi connectivity index (χ0) is 30.3. The minimum absolute atomic E-state index is 0.0192. The van der Waals surface area contributed by atoms with Crippen molar-refractivity contribution in [2.75, 3.05) is 26.7 Å². The van der Waals surface area contributed by atoms with Gasteiger partial charge in [0.1, 0.15) is 24.8 Å². The number of piperazine rings is 1. The van der Waals surface area contributed by atoms with Gasteiger partial charge >= 0.3 is 0 Å². The molecule has 5 rings (SSSR count). The third-order valence-corrected chi connectivity index (χ3v) is 9.39.